The maximum atomic E-state index is 9.36. The molecule has 108 valence electrons. The van der Waals surface area contributed by atoms with E-state index in [0.717, 1.165) is 18.7 Å². The van der Waals surface area contributed by atoms with Crippen LogP contribution < -0.4 is 5.32 Å². The summed E-state index contributed by atoms with van der Waals surface area (Å²) in [6.07, 6.45) is 1.00. The minimum absolute atomic E-state index is 0.287. The summed E-state index contributed by atoms with van der Waals surface area (Å²) in [6, 6.07) is 7.70. The van der Waals surface area contributed by atoms with E-state index in [-0.39, 0.29) is 6.04 Å². The topological polar surface area (TPSA) is 50.1 Å². The Morgan fingerprint density at radius 2 is 1.90 bits per heavy atom. The van der Waals surface area contributed by atoms with Crippen molar-refractivity contribution in [3.63, 3.8) is 0 Å². The zero-order chi connectivity index (χ0) is 14.7. The molecule has 0 aliphatic heterocycles. The fraction of sp³-hybridized carbons (Fsp3) is 0.438. The maximum absolute atomic E-state index is 9.36. The van der Waals surface area contributed by atoms with Crippen LogP contribution in [0.4, 0.5) is 0 Å². The van der Waals surface area contributed by atoms with Crippen LogP contribution >= 0.6 is 0 Å². The highest BCUT2D eigenvalue weighted by Crippen LogP contribution is 2.21. The van der Waals surface area contributed by atoms with E-state index in [1.54, 1.807) is 12.1 Å². The lowest BCUT2D eigenvalue weighted by molar-refractivity contribution is 0.473. The van der Waals surface area contributed by atoms with E-state index in [2.05, 4.69) is 24.3 Å². The number of hydrogen-bond acceptors (Lipinski definition) is 3. The molecule has 0 fully saturated rings. The number of nitrogens with zero attached hydrogens (tertiary/aromatic N) is 2. The summed E-state index contributed by atoms with van der Waals surface area (Å²) in [4.78, 5) is 0. The number of phenols is 1. The second kappa shape index (κ2) is 6.09. The predicted octanol–water partition coefficient (Wildman–Crippen LogP) is 2.98. The average molecular weight is 273 g/mol. The van der Waals surface area contributed by atoms with Crippen molar-refractivity contribution in [2.24, 2.45) is 7.05 Å². The standard InChI is InChI=1S/C16H23N3O/c1-5-16(13-6-8-14(20)9-7-13)17-10-15-11(2)18-19(4)12(15)3/h6-9,16-17,20H,5,10H2,1-4H3. The van der Waals surface area contributed by atoms with Crippen LogP contribution in [0.2, 0.25) is 0 Å². The highest BCUT2D eigenvalue weighted by atomic mass is 16.3. The molecule has 0 radical (unpaired) electrons. The van der Waals surface area contributed by atoms with Gasteiger partial charge in [0, 0.05) is 30.9 Å². The molecular formula is C16H23N3O. The minimum Gasteiger partial charge on any atom is -0.508 e. The van der Waals surface area contributed by atoms with Gasteiger partial charge in [0.25, 0.3) is 0 Å². The Kier molecular flexibility index (Phi) is 4.45. The minimum atomic E-state index is 0.287. The smallest absolute Gasteiger partial charge is 0.115 e. The van der Waals surface area contributed by atoms with Gasteiger partial charge < -0.3 is 10.4 Å². The van der Waals surface area contributed by atoms with Crippen molar-refractivity contribution in [3.05, 3.63) is 46.8 Å². The van der Waals surface area contributed by atoms with Crippen LogP contribution in [0, 0.1) is 13.8 Å². The second-order valence-electron chi connectivity index (χ2n) is 5.21. The van der Waals surface area contributed by atoms with Gasteiger partial charge in [-0.1, -0.05) is 19.1 Å². The van der Waals surface area contributed by atoms with Crippen molar-refractivity contribution in [3.8, 4) is 5.75 Å². The summed E-state index contributed by atoms with van der Waals surface area (Å²) in [5.41, 5.74) is 4.75. The molecule has 1 unspecified atom stereocenters. The zero-order valence-electron chi connectivity index (χ0n) is 12.6. The molecule has 2 aromatic rings. The SMILES string of the molecule is CCC(NCc1c(C)nn(C)c1C)c1ccc(O)cc1. The number of nitrogens with one attached hydrogen (secondary N) is 1. The summed E-state index contributed by atoms with van der Waals surface area (Å²) >= 11 is 0. The molecule has 0 amide bonds. The lowest BCUT2D eigenvalue weighted by Crippen LogP contribution is -2.21. The van der Waals surface area contributed by atoms with Crippen LogP contribution in [0.3, 0.4) is 0 Å². The van der Waals surface area contributed by atoms with Crippen molar-refractivity contribution in [1.29, 1.82) is 0 Å². The van der Waals surface area contributed by atoms with Crippen LogP contribution in [-0.2, 0) is 13.6 Å². The lowest BCUT2D eigenvalue weighted by Gasteiger charge is -2.17. The van der Waals surface area contributed by atoms with Gasteiger partial charge in [0.2, 0.25) is 0 Å². The fourth-order valence-electron chi connectivity index (χ4n) is 2.50. The molecule has 1 aromatic heterocycles. The Balaban J connectivity index is 2.09. The molecular weight excluding hydrogens is 250 g/mol. The van der Waals surface area contributed by atoms with Gasteiger partial charge in [-0.2, -0.15) is 5.10 Å². The van der Waals surface area contributed by atoms with E-state index in [0.29, 0.717) is 5.75 Å². The normalized spacial score (nSPS) is 12.6. The number of benzene rings is 1. The summed E-state index contributed by atoms with van der Waals surface area (Å²) in [5.74, 6) is 0.308. The lowest BCUT2D eigenvalue weighted by atomic mass is 10.0. The first kappa shape index (κ1) is 14.6. The third-order valence-electron chi connectivity index (χ3n) is 3.89. The summed E-state index contributed by atoms with van der Waals surface area (Å²) < 4.78 is 1.92. The molecule has 4 heteroatoms. The zero-order valence-corrected chi connectivity index (χ0v) is 12.6. The van der Waals surface area contributed by atoms with Crippen molar-refractivity contribution in [2.75, 3.05) is 0 Å². The monoisotopic (exact) mass is 273 g/mol. The molecule has 1 heterocycles. The molecule has 0 aliphatic rings. The summed E-state index contributed by atoms with van der Waals surface area (Å²) in [5, 5.41) is 17.4. The second-order valence-corrected chi connectivity index (χ2v) is 5.21. The van der Waals surface area contributed by atoms with Crippen molar-refractivity contribution in [2.45, 2.75) is 39.8 Å². The number of aromatic hydroxyl groups is 1. The van der Waals surface area contributed by atoms with Gasteiger partial charge in [-0.15, -0.1) is 0 Å². The van der Waals surface area contributed by atoms with E-state index < -0.39 is 0 Å². The van der Waals surface area contributed by atoms with Crippen LogP contribution in [-0.4, -0.2) is 14.9 Å². The number of rotatable bonds is 5. The van der Waals surface area contributed by atoms with Gasteiger partial charge in [0.05, 0.1) is 5.69 Å². The number of phenolic OH excluding ortho intramolecular Hbond substituents is 1. The third kappa shape index (κ3) is 3.02. The van der Waals surface area contributed by atoms with E-state index in [1.807, 2.05) is 30.8 Å². The first-order chi connectivity index (χ1) is 9.52. The van der Waals surface area contributed by atoms with Crippen molar-refractivity contribution in [1.82, 2.24) is 15.1 Å². The molecule has 20 heavy (non-hydrogen) atoms. The van der Waals surface area contributed by atoms with Gasteiger partial charge >= 0.3 is 0 Å². The van der Waals surface area contributed by atoms with Crippen LogP contribution in [0.15, 0.2) is 24.3 Å². The van der Waals surface area contributed by atoms with Crippen LogP contribution in [0.25, 0.3) is 0 Å². The summed E-state index contributed by atoms with van der Waals surface area (Å²) in [7, 11) is 1.98. The Morgan fingerprint density at radius 1 is 1.25 bits per heavy atom. The van der Waals surface area contributed by atoms with Gasteiger partial charge in [-0.25, -0.2) is 0 Å². The van der Waals surface area contributed by atoms with E-state index in [1.165, 1.54) is 16.8 Å². The van der Waals surface area contributed by atoms with Crippen molar-refractivity contribution < 1.29 is 5.11 Å². The van der Waals surface area contributed by atoms with Gasteiger partial charge in [0.15, 0.2) is 0 Å². The first-order valence-corrected chi connectivity index (χ1v) is 7.04. The molecule has 2 rings (SSSR count). The predicted molar refractivity (Wildman–Crippen MR) is 80.7 cm³/mol. The highest BCUT2D eigenvalue weighted by molar-refractivity contribution is 5.29. The first-order valence-electron chi connectivity index (χ1n) is 7.04. The van der Waals surface area contributed by atoms with E-state index in [4.69, 9.17) is 0 Å². The summed E-state index contributed by atoms with van der Waals surface area (Å²) in [6.45, 7) is 7.11. The third-order valence-corrected chi connectivity index (χ3v) is 3.89. The molecule has 0 saturated carbocycles. The van der Waals surface area contributed by atoms with Gasteiger partial charge in [-0.05, 0) is 38.0 Å². The quantitative estimate of drug-likeness (QED) is 0.880. The molecule has 0 saturated heterocycles. The molecule has 0 bridgehead atoms. The Hall–Kier alpha value is -1.81. The molecule has 1 aromatic carbocycles. The molecule has 1 atom stereocenters. The van der Waals surface area contributed by atoms with Crippen molar-refractivity contribution >= 4 is 0 Å². The molecule has 0 aliphatic carbocycles. The molecule has 0 spiro atoms. The number of aromatic nitrogens is 2. The fourth-order valence-corrected chi connectivity index (χ4v) is 2.50. The largest absolute Gasteiger partial charge is 0.508 e. The molecule has 2 N–H and O–H groups in total. The van der Waals surface area contributed by atoms with Crippen LogP contribution in [0.5, 0.6) is 5.75 Å². The Labute approximate surface area is 120 Å². The maximum Gasteiger partial charge on any atom is 0.115 e. The van der Waals surface area contributed by atoms with E-state index >= 15 is 0 Å². The number of aryl methyl sites for hydroxylation is 2. The highest BCUT2D eigenvalue weighted by Gasteiger charge is 2.13. The van der Waals surface area contributed by atoms with Gasteiger partial charge in [-0.3, -0.25) is 4.68 Å². The molecule has 4 nitrogen and oxygen atoms in total. The Bertz CT molecular complexity index is 572. The average Bonchev–Trinajstić information content (AvgIpc) is 2.67. The van der Waals surface area contributed by atoms with Crippen LogP contribution in [0.1, 0.15) is 41.9 Å². The Morgan fingerprint density at radius 3 is 2.40 bits per heavy atom. The number of hydrogen-bond donors (Lipinski definition) is 2. The van der Waals surface area contributed by atoms with Gasteiger partial charge in [0.1, 0.15) is 5.75 Å². The van der Waals surface area contributed by atoms with E-state index in [9.17, 15) is 5.11 Å².